The largest absolute Gasteiger partial charge is 0.354 e. The Morgan fingerprint density at radius 1 is 1.00 bits per heavy atom. The van der Waals surface area contributed by atoms with Crippen LogP contribution in [0.1, 0.15) is 11.1 Å². The number of aryl methyl sites for hydroxylation is 2. The highest BCUT2D eigenvalue weighted by molar-refractivity contribution is 7.92. The van der Waals surface area contributed by atoms with Gasteiger partial charge in [-0.25, -0.2) is 13.4 Å². The monoisotopic (exact) mass is 360 g/mol. The molecule has 2 heterocycles. The second kappa shape index (κ2) is 7.01. The summed E-state index contributed by atoms with van der Waals surface area (Å²) in [4.78, 5) is 9.17. The number of sulfonamides is 1. The number of nitrogens with one attached hydrogen (secondary N) is 1. The summed E-state index contributed by atoms with van der Waals surface area (Å²) in [5, 5.41) is 0. The van der Waals surface area contributed by atoms with Crippen molar-refractivity contribution in [3.05, 3.63) is 47.7 Å². The number of anilines is 2. The van der Waals surface area contributed by atoms with E-state index in [0.717, 1.165) is 43.1 Å². The molecule has 0 radical (unpaired) electrons. The van der Waals surface area contributed by atoms with Crippen LogP contribution in [0.5, 0.6) is 0 Å². The van der Waals surface area contributed by atoms with Crippen LogP contribution in [0, 0.1) is 13.8 Å². The van der Waals surface area contributed by atoms with Crippen molar-refractivity contribution in [2.75, 3.05) is 42.8 Å². The van der Waals surface area contributed by atoms with E-state index in [-0.39, 0.29) is 4.90 Å². The quantitative estimate of drug-likeness (QED) is 0.906. The fourth-order valence-corrected chi connectivity index (χ4v) is 3.89. The third-order valence-electron chi connectivity index (χ3n) is 4.62. The molecular formula is C18H24N4O2S. The van der Waals surface area contributed by atoms with E-state index < -0.39 is 10.0 Å². The Morgan fingerprint density at radius 2 is 1.72 bits per heavy atom. The fourth-order valence-electron chi connectivity index (χ4n) is 2.76. The maximum atomic E-state index is 12.5. The molecule has 0 saturated carbocycles. The standard InChI is InChI=1S/C18H24N4O2S/c1-14-4-6-17(12-15(14)2)25(23,24)20-16-5-7-18(19-13-16)22-10-8-21(3)9-11-22/h4-7,12-13,20H,8-11H2,1-3H3. The van der Waals surface area contributed by atoms with E-state index in [9.17, 15) is 8.42 Å². The normalized spacial score (nSPS) is 16.0. The Labute approximate surface area is 149 Å². The summed E-state index contributed by atoms with van der Waals surface area (Å²) in [7, 11) is -1.50. The minimum absolute atomic E-state index is 0.263. The summed E-state index contributed by atoms with van der Waals surface area (Å²) in [6.45, 7) is 7.72. The first-order valence-corrected chi connectivity index (χ1v) is 9.83. The first-order chi connectivity index (χ1) is 11.8. The van der Waals surface area contributed by atoms with Crippen molar-refractivity contribution in [3.63, 3.8) is 0 Å². The molecule has 0 spiro atoms. The van der Waals surface area contributed by atoms with Gasteiger partial charge in [-0.1, -0.05) is 6.07 Å². The van der Waals surface area contributed by atoms with Crippen molar-refractivity contribution in [1.82, 2.24) is 9.88 Å². The first-order valence-electron chi connectivity index (χ1n) is 8.35. The maximum absolute atomic E-state index is 12.5. The van der Waals surface area contributed by atoms with Crippen molar-refractivity contribution >= 4 is 21.5 Å². The molecule has 0 amide bonds. The van der Waals surface area contributed by atoms with Crippen molar-refractivity contribution in [2.24, 2.45) is 0 Å². The van der Waals surface area contributed by atoms with Gasteiger partial charge in [-0.3, -0.25) is 4.72 Å². The number of hydrogen-bond acceptors (Lipinski definition) is 5. The van der Waals surface area contributed by atoms with Crippen molar-refractivity contribution in [2.45, 2.75) is 18.7 Å². The van der Waals surface area contributed by atoms with Gasteiger partial charge in [-0.2, -0.15) is 0 Å². The number of piperazine rings is 1. The zero-order valence-corrected chi connectivity index (χ0v) is 15.7. The Hall–Kier alpha value is -2.12. The molecule has 1 aromatic heterocycles. The second-order valence-corrected chi connectivity index (χ2v) is 8.23. The number of benzene rings is 1. The number of aromatic nitrogens is 1. The first kappa shape index (κ1) is 17.7. The van der Waals surface area contributed by atoms with Crippen LogP contribution >= 0.6 is 0 Å². The summed E-state index contributed by atoms with van der Waals surface area (Å²) in [5.41, 5.74) is 2.49. The third kappa shape index (κ3) is 4.11. The van der Waals surface area contributed by atoms with Gasteiger partial charge >= 0.3 is 0 Å². The zero-order chi connectivity index (χ0) is 18.0. The van der Waals surface area contributed by atoms with Crippen LogP contribution in [0.15, 0.2) is 41.4 Å². The van der Waals surface area contributed by atoms with Crippen LogP contribution in [0.3, 0.4) is 0 Å². The van der Waals surface area contributed by atoms with E-state index in [1.54, 1.807) is 24.4 Å². The van der Waals surface area contributed by atoms with E-state index in [1.165, 1.54) is 0 Å². The maximum Gasteiger partial charge on any atom is 0.261 e. The van der Waals surface area contributed by atoms with E-state index in [0.29, 0.717) is 5.69 Å². The van der Waals surface area contributed by atoms with E-state index in [2.05, 4.69) is 26.6 Å². The van der Waals surface area contributed by atoms with Crippen LogP contribution in [0.25, 0.3) is 0 Å². The molecule has 7 heteroatoms. The highest BCUT2D eigenvalue weighted by Gasteiger charge is 2.17. The Balaban J connectivity index is 1.73. The molecule has 25 heavy (non-hydrogen) atoms. The molecule has 1 N–H and O–H groups in total. The summed E-state index contributed by atoms with van der Waals surface area (Å²) in [6, 6.07) is 8.75. The molecule has 0 unspecified atom stereocenters. The molecule has 1 aromatic carbocycles. The SMILES string of the molecule is Cc1ccc(S(=O)(=O)Nc2ccc(N3CCN(C)CC3)nc2)cc1C. The summed E-state index contributed by atoms with van der Waals surface area (Å²) >= 11 is 0. The zero-order valence-electron chi connectivity index (χ0n) is 14.9. The molecule has 1 aliphatic heterocycles. The average molecular weight is 360 g/mol. The van der Waals surface area contributed by atoms with E-state index >= 15 is 0 Å². The molecule has 2 aromatic rings. The van der Waals surface area contributed by atoms with Crippen molar-refractivity contribution < 1.29 is 8.42 Å². The van der Waals surface area contributed by atoms with Crippen LogP contribution in [-0.4, -0.2) is 51.5 Å². The van der Waals surface area contributed by atoms with Gasteiger partial charge in [0.15, 0.2) is 0 Å². The minimum Gasteiger partial charge on any atom is -0.354 e. The average Bonchev–Trinajstić information content (AvgIpc) is 2.58. The van der Waals surface area contributed by atoms with Crippen LogP contribution in [-0.2, 0) is 10.0 Å². The van der Waals surface area contributed by atoms with Gasteiger partial charge in [0.2, 0.25) is 0 Å². The van der Waals surface area contributed by atoms with E-state index in [4.69, 9.17) is 0 Å². The second-order valence-electron chi connectivity index (χ2n) is 6.55. The molecular weight excluding hydrogens is 336 g/mol. The van der Waals surface area contributed by atoms with Gasteiger partial charge in [0, 0.05) is 26.2 Å². The van der Waals surface area contributed by atoms with Gasteiger partial charge in [0.1, 0.15) is 5.82 Å². The molecule has 0 aliphatic carbocycles. The van der Waals surface area contributed by atoms with Gasteiger partial charge in [-0.15, -0.1) is 0 Å². The molecule has 1 aliphatic rings. The van der Waals surface area contributed by atoms with Crippen molar-refractivity contribution in [1.29, 1.82) is 0 Å². The highest BCUT2D eigenvalue weighted by atomic mass is 32.2. The number of likely N-dealkylation sites (N-methyl/N-ethyl adjacent to an activating group) is 1. The summed E-state index contributed by atoms with van der Waals surface area (Å²) in [6.07, 6.45) is 1.58. The molecule has 0 atom stereocenters. The Kier molecular flexibility index (Phi) is 4.96. The van der Waals surface area contributed by atoms with Crippen molar-refractivity contribution in [3.8, 4) is 0 Å². The molecule has 3 rings (SSSR count). The van der Waals surface area contributed by atoms with Crippen LogP contribution in [0.2, 0.25) is 0 Å². The summed E-state index contributed by atoms with van der Waals surface area (Å²) in [5.74, 6) is 0.877. The predicted octanol–water partition coefficient (Wildman–Crippen LogP) is 2.25. The Bertz CT molecular complexity index is 842. The molecule has 134 valence electrons. The van der Waals surface area contributed by atoms with Crippen LogP contribution in [0.4, 0.5) is 11.5 Å². The van der Waals surface area contributed by atoms with Crippen LogP contribution < -0.4 is 9.62 Å². The third-order valence-corrected chi connectivity index (χ3v) is 5.99. The predicted molar refractivity (Wildman–Crippen MR) is 101 cm³/mol. The number of hydrogen-bond donors (Lipinski definition) is 1. The number of pyridine rings is 1. The van der Waals surface area contributed by atoms with Gasteiger partial charge < -0.3 is 9.80 Å². The number of nitrogens with zero attached hydrogens (tertiary/aromatic N) is 3. The highest BCUT2D eigenvalue weighted by Crippen LogP contribution is 2.20. The topological polar surface area (TPSA) is 65.5 Å². The molecule has 1 fully saturated rings. The molecule has 6 nitrogen and oxygen atoms in total. The lowest BCUT2D eigenvalue weighted by molar-refractivity contribution is 0.312. The Morgan fingerprint density at radius 3 is 2.32 bits per heavy atom. The lowest BCUT2D eigenvalue weighted by atomic mass is 10.1. The molecule has 1 saturated heterocycles. The fraction of sp³-hybridized carbons (Fsp3) is 0.389. The van der Waals surface area contributed by atoms with E-state index in [1.807, 2.05) is 26.0 Å². The minimum atomic E-state index is -3.61. The lowest BCUT2D eigenvalue weighted by Gasteiger charge is -2.33. The van der Waals surface area contributed by atoms with Gasteiger partial charge in [0.25, 0.3) is 10.0 Å². The number of rotatable bonds is 4. The summed E-state index contributed by atoms with van der Waals surface area (Å²) < 4.78 is 27.7. The smallest absolute Gasteiger partial charge is 0.261 e. The lowest BCUT2D eigenvalue weighted by Crippen LogP contribution is -2.44. The van der Waals surface area contributed by atoms with Gasteiger partial charge in [0.05, 0.1) is 16.8 Å². The van der Waals surface area contributed by atoms with Gasteiger partial charge in [-0.05, 0) is 56.3 Å². The molecule has 0 bridgehead atoms.